The summed E-state index contributed by atoms with van der Waals surface area (Å²) in [6.45, 7) is 3.66. The SMILES string of the molecule is CO[Si](C)(C)C(c1ccc(C(=O)O)c(C(=O)O)c1)c1ccc(C(=O)O)c(C(=O)O)c1. The number of rotatable bonds is 8. The van der Waals surface area contributed by atoms with Gasteiger partial charge in [0.2, 0.25) is 0 Å². The molecule has 0 aliphatic heterocycles. The van der Waals surface area contributed by atoms with Gasteiger partial charge in [0.05, 0.1) is 22.3 Å². The number of carboxylic acids is 4. The second kappa shape index (κ2) is 8.47. The van der Waals surface area contributed by atoms with Crippen LogP contribution in [0.5, 0.6) is 0 Å². The van der Waals surface area contributed by atoms with Crippen molar-refractivity contribution in [1.82, 2.24) is 0 Å². The van der Waals surface area contributed by atoms with Gasteiger partial charge in [0.1, 0.15) is 0 Å². The van der Waals surface area contributed by atoms with Crippen LogP contribution in [0.15, 0.2) is 36.4 Å². The summed E-state index contributed by atoms with van der Waals surface area (Å²) >= 11 is 0. The van der Waals surface area contributed by atoms with Crippen LogP contribution >= 0.6 is 0 Å². The van der Waals surface area contributed by atoms with Crippen LogP contribution in [-0.2, 0) is 4.43 Å². The van der Waals surface area contributed by atoms with Gasteiger partial charge < -0.3 is 24.9 Å². The Morgan fingerprint density at radius 3 is 1.30 bits per heavy atom. The van der Waals surface area contributed by atoms with Crippen LogP contribution in [0.2, 0.25) is 13.1 Å². The van der Waals surface area contributed by atoms with E-state index >= 15 is 0 Å². The van der Waals surface area contributed by atoms with Crippen LogP contribution in [0.3, 0.4) is 0 Å². The third kappa shape index (κ3) is 4.39. The van der Waals surface area contributed by atoms with Gasteiger partial charge in [-0.25, -0.2) is 19.2 Å². The highest BCUT2D eigenvalue weighted by atomic mass is 28.4. The van der Waals surface area contributed by atoms with Crippen molar-refractivity contribution in [2.75, 3.05) is 7.11 Å². The van der Waals surface area contributed by atoms with Crippen molar-refractivity contribution in [3.63, 3.8) is 0 Å². The maximum Gasteiger partial charge on any atom is 0.336 e. The fourth-order valence-electron chi connectivity index (χ4n) is 3.32. The standard InChI is InChI=1S/C20H20O9Si/c1-29-30(2,3)16(10-4-6-12(17(21)22)14(8-10)19(25)26)11-5-7-13(18(23)24)15(9-11)20(27)28/h4-9,16H,1-3H3,(H,21,22)(H,23,24)(H,25,26)(H,27,28). The summed E-state index contributed by atoms with van der Waals surface area (Å²) in [7, 11) is -1.19. The maximum atomic E-state index is 11.6. The van der Waals surface area contributed by atoms with Crippen molar-refractivity contribution in [3.05, 3.63) is 69.8 Å². The van der Waals surface area contributed by atoms with Crippen LogP contribution in [0.25, 0.3) is 0 Å². The number of carbonyl (C=O) groups is 4. The Balaban J connectivity index is 2.79. The van der Waals surface area contributed by atoms with Crippen LogP contribution in [-0.4, -0.2) is 59.7 Å². The van der Waals surface area contributed by atoms with Gasteiger partial charge in [0.25, 0.3) is 0 Å². The quantitative estimate of drug-likeness (QED) is 0.460. The minimum Gasteiger partial charge on any atom is -0.478 e. The molecule has 0 saturated heterocycles. The molecule has 0 unspecified atom stereocenters. The molecule has 0 bridgehead atoms. The second-order valence-corrected chi connectivity index (χ2v) is 11.3. The first-order chi connectivity index (χ1) is 13.9. The smallest absolute Gasteiger partial charge is 0.336 e. The van der Waals surface area contributed by atoms with Gasteiger partial charge in [-0.3, -0.25) is 0 Å². The Hall–Kier alpha value is -3.50. The van der Waals surface area contributed by atoms with E-state index < -0.39 is 48.9 Å². The summed E-state index contributed by atoms with van der Waals surface area (Å²) in [4.78, 5) is 45.9. The predicted octanol–water partition coefficient (Wildman–Crippen LogP) is 3.00. The van der Waals surface area contributed by atoms with Crippen molar-refractivity contribution >= 4 is 32.2 Å². The van der Waals surface area contributed by atoms with Crippen molar-refractivity contribution in [2.45, 2.75) is 18.6 Å². The minimum absolute atomic E-state index is 0.380. The summed E-state index contributed by atoms with van der Waals surface area (Å²) in [6, 6.07) is 7.74. The van der Waals surface area contributed by atoms with Crippen LogP contribution < -0.4 is 0 Å². The van der Waals surface area contributed by atoms with E-state index in [0.29, 0.717) is 11.1 Å². The van der Waals surface area contributed by atoms with E-state index in [1.165, 1.54) is 43.5 Å². The zero-order chi connectivity index (χ0) is 22.8. The fraction of sp³-hybridized carbons (Fsp3) is 0.200. The maximum absolute atomic E-state index is 11.6. The lowest BCUT2D eigenvalue weighted by atomic mass is 9.96. The molecule has 10 heteroatoms. The van der Waals surface area contributed by atoms with Gasteiger partial charge >= 0.3 is 23.9 Å². The van der Waals surface area contributed by atoms with Crippen molar-refractivity contribution in [1.29, 1.82) is 0 Å². The average Bonchev–Trinajstić information content (AvgIpc) is 2.67. The van der Waals surface area contributed by atoms with Crippen LogP contribution in [0.4, 0.5) is 0 Å². The minimum atomic E-state index is -2.67. The normalized spacial score (nSPS) is 11.3. The molecule has 0 radical (unpaired) electrons. The third-order valence-electron chi connectivity index (χ3n) is 4.90. The molecule has 0 saturated carbocycles. The first-order valence-electron chi connectivity index (χ1n) is 8.67. The highest BCUT2D eigenvalue weighted by Gasteiger charge is 2.37. The Kier molecular flexibility index (Phi) is 6.43. The Morgan fingerprint density at radius 1 is 0.700 bits per heavy atom. The molecule has 0 aliphatic carbocycles. The van der Waals surface area contributed by atoms with E-state index in [-0.39, 0.29) is 11.1 Å². The zero-order valence-corrected chi connectivity index (χ0v) is 17.4. The molecule has 2 aromatic rings. The Bertz CT molecular complexity index is 967. The molecule has 4 N–H and O–H groups in total. The molecule has 0 aromatic heterocycles. The van der Waals surface area contributed by atoms with E-state index in [2.05, 4.69) is 0 Å². The molecule has 0 heterocycles. The summed E-state index contributed by atoms with van der Waals surface area (Å²) < 4.78 is 5.68. The molecular formula is C20H20O9Si. The van der Waals surface area contributed by atoms with Gasteiger partial charge in [0, 0.05) is 12.7 Å². The topological polar surface area (TPSA) is 158 Å². The molecule has 0 aliphatic rings. The lowest BCUT2D eigenvalue weighted by Crippen LogP contribution is -2.38. The van der Waals surface area contributed by atoms with E-state index in [9.17, 15) is 39.6 Å². The van der Waals surface area contributed by atoms with Crippen LogP contribution in [0, 0.1) is 0 Å². The lowest BCUT2D eigenvalue weighted by molar-refractivity contribution is 0.0651. The molecule has 158 valence electrons. The molecule has 2 aromatic carbocycles. The van der Waals surface area contributed by atoms with Crippen molar-refractivity contribution < 1.29 is 44.0 Å². The summed E-state index contributed by atoms with van der Waals surface area (Å²) in [5.41, 5.74) is -1.32. The second-order valence-electron chi connectivity index (χ2n) is 7.07. The number of hydrogen-bond donors (Lipinski definition) is 4. The summed E-state index contributed by atoms with van der Waals surface area (Å²) in [6.07, 6.45) is 0. The zero-order valence-electron chi connectivity index (χ0n) is 16.4. The van der Waals surface area contributed by atoms with Crippen molar-refractivity contribution in [2.24, 2.45) is 0 Å². The number of aromatic carboxylic acids is 4. The summed E-state index contributed by atoms with van der Waals surface area (Å²) in [5.74, 6) is -5.62. The highest BCUT2D eigenvalue weighted by molar-refractivity contribution is 6.73. The van der Waals surface area contributed by atoms with E-state index in [1.54, 1.807) is 0 Å². The van der Waals surface area contributed by atoms with Gasteiger partial charge in [0.15, 0.2) is 8.32 Å². The summed E-state index contributed by atoms with van der Waals surface area (Å²) in [5, 5.41) is 37.4. The predicted molar refractivity (Wildman–Crippen MR) is 107 cm³/mol. The van der Waals surface area contributed by atoms with E-state index in [4.69, 9.17) is 4.43 Å². The largest absolute Gasteiger partial charge is 0.478 e. The van der Waals surface area contributed by atoms with Crippen LogP contribution in [0.1, 0.15) is 58.1 Å². The molecule has 0 amide bonds. The first kappa shape index (κ1) is 22.8. The van der Waals surface area contributed by atoms with Gasteiger partial charge in [-0.15, -0.1) is 0 Å². The average molecular weight is 432 g/mol. The molecule has 9 nitrogen and oxygen atoms in total. The first-order valence-corrected chi connectivity index (χ1v) is 11.7. The molecular weight excluding hydrogens is 412 g/mol. The third-order valence-corrected chi connectivity index (χ3v) is 8.01. The van der Waals surface area contributed by atoms with Gasteiger partial charge in [-0.05, 0) is 48.5 Å². The molecule has 0 fully saturated rings. The number of hydrogen-bond acceptors (Lipinski definition) is 5. The number of benzene rings is 2. The number of carboxylic acid groups (broad SMARTS) is 4. The molecule has 30 heavy (non-hydrogen) atoms. The Labute approximate surface area is 172 Å². The molecule has 2 rings (SSSR count). The monoisotopic (exact) mass is 432 g/mol. The fourth-order valence-corrected chi connectivity index (χ4v) is 5.52. The lowest BCUT2D eigenvalue weighted by Gasteiger charge is -2.32. The highest BCUT2D eigenvalue weighted by Crippen LogP contribution is 2.36. The van der Waals surface area contributed by atoms with E-state index in [1.807, 2.05) is 13.1 Å². The van der Waals surface area contributed by atoms with Gasteiger partial charge in [-0.2, -0.15) is 0 Å². The van der Waals surface area contributed by atoms with E-state index in [0.717, 1.165) is 0 Å². The van der Waals surface area contributed by atoms with Gasteiger partial charge in [-0.1, -0.05) is 12.1 Å². The molecule has 0 atom stereocenters. The van der Waals surface area contributed by atoms with Crippen molar-refractivity contribution in [3.8, 4) is 0 Å². The Morgan fingerprint density at radius 2 is 1.03 bits per heavy atom. The molecule has 0 spiro atoms.